The minimum Gasteiger partial charge on any atom is -1.00 e. The van der Waals surface area contributed by atoms with Crippen LogP contribution in [0.1, 0.15) is 40.5 Å². The maximum atomic E-state index is 2.31. The quantitative estimate of drug-likeness (QED) is 0.556. The number of hydrogen-bond donors (Lipinski definition) is 0. The zero-order chi connectivity index (χ0) is 8.74. The van der Waals surface area contributed by atoms with Gasteiger partial charge in [0.15, 0.2) is 0 Å². The SMILES string of the molecule is CCC[N+](CC)(CC)CCC.[Br-]. The maximum absolute atomic E-state index is 2.31. The van der Waals surface area contributed by atoms with E-state index in [1.807, 2.05) is 0 Å². The first-order valence-electron chi connectivity index (χ1n) is 5.09. The Labute approximate surface area is 88.5 Å². The van der Waals surface area contributed by atoms with Crippen molar-refractivity contribution in [3.05, 3.63) is 0 Å². The number of nitrogens with zero attached hydrogens (tertiary/aromatic N) is 1. The lowest BCUT2D eigenvalue weighted by atomic mass is 10.2. The van der Waals surface area contributed by atoms with Gasteiger partial charge in [-0.25, -0.2) is 0 Å². The highest BCUT2D eigenvalue weighted by molar-refractivity contribution is 4.38. The zero-order valence-electron chi connectivity index (χ0n) is 9.07. The molecule has 0 saturated carbocycles. The van der Waals surface area contributed by atoms with Gasteiger partial charge in [0.05, 0.1) is 26.2 Å². The van der Waals surface area contributed by atoms with Gasteiger partial charge >= 0.3 is 0 Å². The Bertz CT molecular complexity index is 81.8. The third kappa shape index (κ3) is 4.46. The molecule has 0 aliphatic carbocycles. The summed E-state index contributed by atoms with van der Waals surface area (Å²) < 4.78 is 1.33. The molecule has 0 fully saturated rings. The first-order valence-corrected chi connectivity index (χ1v) is 5.09. The van der Waals surface area contributed by atoms with Crippen LogP contribution in [0.3, 0.4) is 0 Å². The van der Waals surface area contributed by atoms with Crippen LogP contribution >= 0.6 is 0 Å². The van der Waals surface area contributed by atoms with Gasteiger partial charge in [-0.1, -0.05) is 13.8 Å². The maximum Gasteiger partial charge on any atom is 0.0783 e. The van der Waals surface area contributed by atoms with Crippen LogP contribution in [0.5, 0.6) is 0 Å². The molecule has 76 valence electrons. The molecular weight excluding hydrogens is 214 g/mol. The highest BCUT2D eigenvalue weighted by atomic mass is 79.9. The second-order valence-electron chi connectivity index (χ2n) is 3.42. The van der Waals surface area contributed by atoms with Crippen LogP contribution in [0.4, 0.5) is 0 Å². The summed E-state index contributed by atoms with van der Waals surface area (Å²) in [6, 6.07) is 0. The van der Waals surface area contributed by atoms with E-state index in [2.05, 4.69) is 27.7 Å². The monoisotopic (exact) mass is 237 g/mol. The molecule has 0 aliphatic heterocycles. The Morgan fingerprint density at radius 2 is 1.08 bits per heavy atom. The molecular formula is C10H24BrN. The average Bonchev–Trinajstić information content (AvgIpc) is 2.04. The first kappa shape index (κ1) is 14.9. The fourth-order valence-electron chi connectivity index (χ4n) is 1.92. The van der Waals surface area contributed by atoms with E-state index in [9.17, 15) is 0 Å². The minimum atomic E-state index is 0. The van der Waals surface area contributed by atoms with E-state index in [-0.39, 0.29) is 17.0 Å². The van der Waals surface area contributed by atoms with Crippen molar-refractivity contribution in [2.24, 2.45) is 0 Å². The normalized spacial score (nSPS) is 11.0. The second kappa shape index (κ2) is 8.06. The molecule has 0 unspecified atom stereocenters. The summed E-state index contributed by atoms with van der Waals surface area (Å²) in [7, 11) is 0. The Morgan fingerprint density at radius 1 is 0.750 bits per heavy atom. The van der Waals surface area contributed by atoms with E-state index in [1.165, 1.54) is 43.5 Å². The summed E-state index contributed by atoms with van der Waals surface area (Å²) in [5, 5.41) is 0. The minimum absolute atomic E-state index is 0. The molecule has 0 rings (SSSR count). The van der Waals surface area contributed by atoms with E-state index in [1.54, 1.807) is 0 Å². The van der Waals surface area contributed by atoms with E-state index in [0.717, 1.165) is 0 Å². The van der Waals surface area contributed by atoms with Crippen LogP contribution in [0.2, 0.25) is 0 Å². The van der Waals surface area contributed by atoms with E-state index >= 15 is 0 Å². The predicted molar refractivity (Wildman–Crippen MR) is 51.7 cm³/mol. The van der Waals surface area contributed by atoms with Crippen molar-refractivity contribution in [1.82, 2.24) is 0 Å². The van der Waals surface area contributed by atoms with Crippen LogP contribution in [-0.4, -0.2) is 30.7 Å². The Kier molecular flexibility index (Phi) is 10.0. The van der Waals surface area contributed by atoms with E-state index in [0.29, 0.717) is 0 Å². The van der Waals surface area contributed by atoms with Crippen LogP contribution in [-0.2, 0) is 0 Å². The summed E-state index contributed by atoms with van der Waals surface area (Å²) in [5.74, 6) is 0. The molecule has 0 aliphatic rings. The third-order valence-corrected chi connectivity index (χ3v) is 2.74. The molecule has 0 aromatic carbocycles. The predicted octanol–water partition coefficient (Wildman–Crippen LogP) is -0.333. The topological polar surface area (TPSA) is 0 Å². The van der Waals surface area contributed by atoms with Crippen molar-refractivity contribution < 1.29 is 21.5 Å². The van der Waals surface area contributed by atoms with Crippen LogP contribution in [0, 0.1) is 0 Å². The zero-order valence-corrected chi connectivity index (χ0v) is 10.7. The number of rotatable bonds is 6. The molecule has 2 heteroatoms. The van der Waals surface area contributed by atoms with Crippen molar-refractivity contribution in [3.8, 4) is 0 Å². The van der Waals surface area contributed by atoms with Gasteiger partial charge in [0.25, 0.3) is 0 Å². The van der Waals surface area contributed by atoms with Gasteiger partial charge < -0.3 is 21.5 Å². The lowest BCUT2D eigenvalue weighted by Gasteiger charge is -2.36. The Morgan fingerprint density at radius 3 is 1.25 bits per heavy atom. The number of quaternary nitrogens is 1. The van der Waals surface area contributed by atoms with Crippen molar-refractivity contribution in [2.45, 2.75) is 40.5 Å². The molecule has 0 atom stereocenters. The van der Waals surface area contributed by atoms with Crippen molar-refractivity contribution >= 4 is 0 Å². The van der Waals surface area contributed by atoms with E-state index in [4.69, 9.17) is 0 Å². The molecule has 0 heterocycles. The van der Waals surface area contributed by atoms with Crippen molar-refractivity contribution in [3.63, 3.8) is 0 Å². The highest BCUT2D eigenvalue weighted by Gasteiger charge is 2.19. The largest absolute Gasteiger partial charge is 1.00 e. The summed E-state index contributed by atoms with van der Waals surface area (Å²) in [5.41, 5.74) is 0. The molecule has 1 nitrogen and oxygen atoms in total. The molecule has 0 aromatic heterocycles. The molecule has 0 aromatic rings. The average molecular weight is 238 g/mol. The smallest absolute Gasteiger partial charge is 0.0783 e. The molecule has 0 N–H and O–H groups in total. The molecule has 0 saturated heterocycles. The lowest BCUT2D eigenvalue weighted by molar-refractivity contribution is -0.925. The van der Waals surface area contributed by atoms with Gasteiger partial charge in [0.1, 0.15) is 0 Å². The van der Waals surface area contributed by atoms with Crippen molar-refractivity contribution in [2.75, 3.05) is 26.2 Å². The van der Waals surface area contributed by atoms with Crippen LogP contribution in [0.25, 0.3) is 0 Å². The van der Waals surface area contributed by atoms with Gasteiger partial charge in [-0.05, 0) is 26.7 Å². The summed E-state index contributed by atoms with van der Waals surface area (Å²) in [6.45, 7) is 14.5. The summed E-state index contributed by atoms with van der Waals surface area (Å²) >= 11 is 0. The van der Waals surface area contributed by atoms with E-state index < -0.39 is 0 Å². The fraction of sp³-hybridized carbons (Fsp3) is 1.00. The second-order valence-corrected chi connectivity index (χ2v) is 3.42. The highest BCUT2D eigenvalue weighted by Crippen LogP contribution is 2.08. The van der Waals surface area contributed by atoms with Crippen molar-refractivity contribution in [1.29, 1.82) is 0 Å². The van der Waals surface area contributed by atoms with Crippen LogP contribution < -0.4 is 17.0 Å². The van der Waals surface area contributed by atoms with Gasteiger partial charge in [-0.3, -0.25) is 0 Å². The molecule has 0 spiro atoms. The lowest BCUT2D eigenvalue weighted by Crippen LogP contribution is -3.00. The fourth-order valence-corrected chi connectivity index (χ4v) is 1.92. The van der Waals surface area contributed by atoms with Gasteiger partial charge in [-0.15, -0.1) is 0 Å². The summed E-state index contributed by atoms with van der Waals surface area (Å²) in [4.78, 5) is 0. The third-order valence-electron chi connectivity index (χ3n) is 2.74. The molecule has 0 bridgehead atoms. The Hall–Kier alpha value is 0.440. The van der Waals surface area contributed by atoms with Gasteiger partial charge in [-0.2, -0.15) is 0 Å². The Balaban J connectivity index is 0. The number of halogens is 1. The number of hydrogen-bond acceptors (Lipinski definition) is 0. The molecule has 0 radical (unpaired) electrons. The molecule has 12 heavy (non-hydrogen) atoms. The summed E-state index contributed by atoms with van der Waals surface area (Å²) in [6.07, 6.45) is 2.64. The standard InChI is InChI=1S/C10H24N.BrH/c1-5-9-11(7-3,8-4)10-6-2;/h5-10H2,1-4H3;1H/q+1;/p-1. The van der Waals surface area contributed by atoms with Gasteiger partial charge in [0, 0.05) is 0 Å². The van der Waals surface area contributed by atoms with Gasteiger partial charge in [0.2, 0.25) is 0 Å². The van der Waals surface area contributed by atoms with Crippen LogP contribution in [0.15, 0.2) is 0 Å². The first-order chi connectivity index (χ1) is 5.24. The molecule has 0 amide bonds.